The molecule has 0 saturated heterocycles. The summed E-state index contributed by atoms with van der Waals surface area (Å²) in [5.41, 5.74) is 1.32. The summed E-state index contributed by atoms with van der Waals surface area (Å²) in [7, 11) is 0. The predicted octanol–water partition coefficient (Wildman–Crippen LogP) is 3.51. The summed E-state index contributed by atoms with van der Waals surface area (Å²) in [5.74, 6) is -1.21. The van der Waals surface area contributed by atoms with Gasteiger partial charge in [0.25, 0.3) is 0 Å². The van der Waals surface area contributed by atoms with E-state index in [0.29, 0.717) is 12.2 Å². The maximum absolute atomic E-state index is 13.6. The molecule has 0 amide bonds. The lowest BCUT2D eigenvalue weighted by Crippen LogP contribution is -2.24. The van der Waals surface area contributed by atoms with Gasteiger partial charge in [-0.1, -0.05) is 30.3 Å². The van der Waals surface area contributed by atoms with Gasteiger partial charge in [-0.2, -0.15) is 0 Å². The Morgan fingerprint density at radius 3 is 2.67 bits per heavy atom. The van der Waals surface area contributed by atoms with Crippen molar-refractivity contribution in [3.8, 4) is 5.75 Å². The molecule has 0 radical (unpaired) electrons. The van der Waals surface area contributed by atoms with Crippen LogP contribution in [0.1, 0.15) is 11.7 Å². The Bertz CT molecular complexity index is 572. The number of rotatable bonds is 1. The van der Waals surface area contributed by atoms with Crippen LogP contribution in [0.2, 0.25) is 0 Å². The van der Waals surface area contributed by atoms with Crippen LogP contribution in [0.15, 0.2) is 42.5 Å². The Kier molecular flexibility index (Phi) is 2.63. The minimum Gasteiger partial charge on any atom is -0.479 e. The normalized spacial score (nSPS) is 17.6. The summed E-state index contributed by atoms with van der Waals surface area (Å²) in [6.45, 7) is 0.486. The number of anilines is 1. The van der Waals surface area contributed by atoms with E-state index in [4.69, 9.17) is 4.74 Å². The summed E-state index contributed by atoms with van der Waals surface area (Å²) in [6.07, 6.45) is -0.265. The largest absolute Gasteiger partial charge is 0.479 e. The second kappa shape index (κ2) is 4.29. The van der Waals surface area contributed by atoms with Gasteiger partial charge in [0.15, 0.2) is 11.6 Å². The van der Waals surface area contributed by atoms with Crippen molar-refractivity contribution in [1.82, 2.24) is 0 Å². The highest BCUT2D eigenvalue weighted by Gasteiger charge is 2.24. The van der Waals surface area contributed by atoms with Crippen molar-refractivity contribution in [2.24, 2.45) is 0 Å². The molecule has 0 saturated carbocycles. The molecule has 1 N–H and O–H groups in total. The molecule has 0 fully saturated rings. The van der Waals surface area contributed by atoms with Crippen LogP contribution in [0.4, 0.5) is 14.5 Å². The van der Waals surface area contributed by atoms with E-state index in [1.165, 1.54) is 6.07 Å². The Hall–Kier alpha value is -2.10. The number of halogens is 2. The first-order valence-electron chi connectivity index (χ1n) is 5.68. The number of ether oxygens (including phenoxy) is 1. The minimum absolute atomic E-state index is 0.0801. The quantitative estimate of drug-likeness (QED) is 0.832. The zero-order valence-corrected chi connectivity index (χ0v) is 9.49. The summed E-state index contributed by atoms with van der Waals surface area (Å²) in [5, 5.41) is 2.99. The predicted molar refractivity (Wildman–Crippen MR) is 64.7 cm³/mol. The van der Waals surface area contributed by atoms with Crippen LogP contribution in [0.25, 0.3) is 0 Å². The standard InChI is InChI=1S/C14H11F2NO/c15-10-6-11(16)14-12(7-10)17-8-13(18-14)9-4-2-1-3-5-9/h1-7,13,17H,8H2. The molecule has 0 aromatic heterocycles. The minimum atomic E-state index is -0.682. The maximum atomic E-state index is 13.6. The van der Waals surface area contributed by atoms with E-state index in [2.05, 4.69) is 5.32 Å². The van der Waals surface area contributed by atoms with E-state index >= 15 is 0 Å². The van der Waals surface area contributed by atoms with E-state index in [0.717, 1.165) is 11.6 Å². The van der Waals surface area contributed by atoms with E-state index < -0.39 is 11.6 Å². The van der Waals surface area contributed by atoms with E-state index in [1.807, 2.05) is 30.3 Å². The molecule has 0 aliphatic carbocycles. The number of hydrogen-bond donors (Lipinski definition) is 1. The lowest BCUT2D eigenvalue weighted by molar-refractivity contribution is 0.200. The van der Waals surface area contributed by atoms with Gasteiger partial charge in [0, 0.05) is 12.1 Å². The SMILES string of the molecule is Fc1cc(F)c2c(c1)NCC(c1ccccc1)O2. The van der Waals surface area contributed by atoms with E-state index in [9.17, 15) is 8.78 Å². The monoisotopic (exact) mass is 247 g/mol. The van der Waals surface area contributed by atoms with Crippen LogP contribution >= 0.6 is 0 Å². The Morgan fingerprint density at radius 2 is 1.89 bits per heavy atom. The highest BCUT2D eigenvalue weighted by Crippen LogP contribution is 2.36. The van der Waals surface area contributed by atoms with E-state index in [1.54, 1.807) is 0 Å². The van der Waals surface area contributed by atoms with Crippen LogP contribution in [-0.4, -0.2) is 6.54 Å². The molecule has 1 atom stereocenters. The summed E-state index contributed by atoms with van der Waals surface area (Å²) in [6, 6.07) is 11.6. The lowest BCUT2D eigenvalue weighted by atomic mass is 10.1. The average Bonchev–Trinajstić information content (AvgIpc) is 2.39. The molecule has 1 aliphatic heterocycles. The van der Waals surface area contributed by atoms with Crippen molar-refractivity contribution < 1.29 is 13.5 Å². The molecule has 0 bridgehead atoms. The van der Waals surface area contributed by atoms with E-state index in [-0.39, 0.29) is 11.9 Å². The smallest absolute Gasteiger partial charge is 0.179 e. The van der Waals surface area contributed by atoms with Crippen molar-refractivity contribution in [2.45, 2.75) is 6.10 Å². The third-order valence-electron chi connectivity index (χ3n) is 2.92. The highest BCUT2D eigenvalue weighted by molar-refractivity contribution is 5.59. The fourth-order valence-corrected chi connectivity index (χ4v) is 2.05. The molecular formula is C14H11F2NO. The van der Waals surface area contributed by atoms with Gasteiger partial charge in [-0.3, -0.25) is 0 Å². The maximum Gasteiger partial charge on any atom is 0.179 e. The number of nitrogens with one attached hydrogen (secondary N) is 1. The van der Waals surface area contributed by atoms with Gasteiger partial charge in [-0.15, -0.1) is 0 Å². The average molecular weight is 247 g/mol. The zero-order chi connectivity index (χ0) is 12.5. The van der Waals surface area contributed by atoms with Crippen LogP contribution < -0.4 is 10.1 Å². The van der Waals surface area contributed by atoms with Gasteiger partial charge in [-0.25, -0.2) is 8.78 Å². The Morgan fingerprint density at radius 1 is 1.11 bits per heavy atom. The van der Waals surface area contributed by atoms with Crippen molar-refractivity contribution in [3.63, 3.8) is 0 Å². The van der Waals surface area contributed by atoms with Crippen LogP contribution in [0, 0.1) is 11.6 Å². The van der Waals surface area contributed by atoms with Gasteiger partial charge >= 0.3 is 0 Å². The second-order valence-corrected chi connectivity index (χ2v) is 4.16. The topological polar surface area (TPSA) is 21.3 Å². The summed E-state index contributed by atoms with van der Waals surface area (Å²) >= 11 is 0. The number of hydrogen-bond acceptors (Lipinski definition) is 2. The third kappa shape index (κ3) is 1.90. The van der Waals surface area contributed by atoms with Gasteiger partial charge in [-0.05, 0) is 5.56 Å². The van der Waals surface area contributed by atoms with Gasteiger partial charge in [0.1, 0.15) is 11.9 Å². The molecule has 2 nitrogen and oxygen atoms in total. The first-order valence-corrected chi connectivity index (χ1v) is 5.68. The van der Waals surface area contributed by atoms with Crippen LogP contribution in [-0.2, 0) is 0 Å². The lowest BCUT2D eigenvalue weighted by Gasteiger charge is -2.27. The number of fused-ring (bicyclic) bond motifs is 1. The highest BCUT2D eigenvalue weighted by atomic mass is 19.1. The fourth-order valence-electron chi connectivity index (χ4n) is 2.05. The Labute approximate surface area is 103 Å². The molecule has 92 valence electrons. The van der Waals surface area contributed by atoms with Crippen molar-refractivity contribution in [3.05, 3.63) is 59.7 Å². The van der Waals surface area contributed by atoms with Crippen LogP contribution in [0.3, 0.4) is 0 Å². The molecule has 4 heteroatoms. The molecule has 0 spiro atoms. The zero-order valence-electron chi connectivity index (χ0n) is 9.49. The fraction of sp³-hybridized carbons (Fsp3) is 0.143. The molecule has 1 aliphatic rings. The number of benzene rings is 2. The molecule has 3 rings (SSSR count). The molecule has 2 aromatic rings. The van der Waals surface area contributed by atoms with Gasteiger partial charge < -0.3 is 10.1 Å². The van der Waals surface area contributed by atoms with Gasteiger partial charge in [0.05, 0.1) is 12.2 Å². The molecule has 1 heterocycles. The van der Waals surface area contributed by atoms with Crippen LogP contribution in [0.5, 0.6) is 5.75 Å². The molecule has 18 heavy (non-hydrogen) atoms. The van der Waals surface area contributed by atoms with Crippen molar-refractivity contribution >= 4 is 5.69 Å². The first-order chi connectivity index (χ1) is 8.74. The summed E-state index contributed by atoms with van der Waals surface area (Å²) < 4.78 is 32.3. The Balaban J connectivity index is 1.94. The summed E-state index contributed by atoms with van der Waals surface area (Å²) in [4.78, 5) is 0. The molecule has 2 aromatic carbocycles. The van der Waals surface area contributed by atoms with Gasteiger partial charge in [0.2, 0.25) is 0 Å². The molecule has 1 unspecified atom stereocenters. The third-order valence-corrected chi connectivity index (χ3v) is 2.92. The molecular weight excluding hydrogens is 236 g/mol. The van der Waals surface area contributed by atoms with Crippen molar-refractivity contribution in [2.75, 3.05) is 11.9 Å². The second-order valence-electron chi connectivity index (χ2n) is 4.16. The van der Waals surface area contributed by atoms with Crippen molar-refractivity contribution in [1.29, 1.82) is 0 Å². The first kappa shape index (κ1) is 11.0.